The first kappa shape index (κ1) is 17.1. The fraction of sp³-hybridized carbons (Fsp3) is 0.278. The van der Waals surface area contributed by atoms with Gasteiger partial charge in [0.1, 0.15) is 5.75 Å². The van der Waals surface area contributed by atoms with E-state index in [2.05, 4.69) is 17.4 Å². The molecule has 0 saturated carbocycles. The first-order chi connectivity index (χ1) is 11.5. The number of aromatic hydroxyl groups is 1. The van der Waals surface area contributed by atoms with Gasteiger partial charge in [0.25, 0.3) is 0 Å². The molecule has 1 aliphatic carbocycles. The molecule has 0 heterocycles. The minimum atomic E-state index is -0.497. The Hall–Kier alpha value is -1.75. The van der Waals surface area contributed by atoms with Crippen molar-refractivity contribution in [3.63, 3.8) is 0 Å². The van der Waals surface area contributed by atoms with Crippen LogP contribution in [0.5, 0.6) is 5.75 Å². The summed E-state index contributed by atoms with van der Waals surface area (Å²) in [7, 11) is 0. The average Bonchev–Trinajstić information content (AvgIpc) is 2.92. The van der Waals surface area contributed by atoms with Gasteiger partial charge in [0.15, 0.2) is 0 Å². The first-order valence-electron chi connectivity index (χ1n) is 7.72. The molecular formula is C18H18Cl2N2O2. The van der Waals surface area contributed by atoms with Crippen molar-refractivity contribution in [2.75, 3.05) is 0 Å². The Bertz CT molecular complexity index is 731. The predicted molar refractivity (Wildman–Crippen MR) is 95.3 cm³/mol. The molecular weight excluding hydrogens is 347 g/mol. The lowest BCUT2D eigenvalue weighted by atomic mass is 9.95. The normalized spacial score (nSPS) is 15.2. The average molecular weight is 365 g/mol. The number of amides is 1. The zero-order valence-corrected chi connectivity index (χ0v) is 14.4. The SMILES string of the molecule is NC(=O)[C@H](NCc1c(O)cc(Cl)cc1Cl)C1Cc2ccccc2C1. The second-order valence-electron chi connectivity index (χ2n) is 6.08. The minimum Gasteiger partial charge on any atom is -0.508 e. The molecule has 126 valence electrons. The molecule has 0 saturated heterocycles. The molecule has 1 amide bonds. The van der Waals surface area contributed by atoms with Gasteiger partial charge < -0.3 is 16.2 Å². The summed E-state index contributed by atoms with van der Waals surface area (Å²) in [5.74, 6) is -0.316. The molecule has 1 aliphatic rings. The highest BCUT2D eigenvalue weighted by Gasteiger charge is 2.31. The molecule has 0 fully saturated rings. The Morgan fingerprint density at radius 2 is 1.88 bits per heavy atom. The number of phenols is 1. The molecule has 0 radical (unpaired) electrons. The van der Waals surface area contributed by atoms with Crippen LogP contribution in [-0.2, 0) is 24.2 Å². The Kier molecular flexibility index (Phi) is 4.99. The molecule has 6 heteroatoms. The van der Waals surface area contributed by atoms with Crippen LogP contribution in [0.2, 0.25) is 10.0 Å². The van der Waals surface area contributed by atoms with Gasteiger partial charge in [-0.3, -0.25) is 4.79 Å². The van der Waals surface area contributed by atoms with Gasteiger partial charge >= 0.3 is 0 Å². The molecule has 0 bridgehead atoms. The van der Waals surface area contributed by atoms with Crippen molar-refractivity contribution in [3.05, 3.63) is 63.1 Å². The number of carbonyl (C=O) groups excluding carboxylic acids is 1. The highest BCUT2D eigenvalue weighted by Crippen LogP contribution is 2.31. The van der Waals surface area contributed by atoms with Gasteiger partial charge in [0, 0.05) is 17.1 Å². The number of benzene rings is 2. The number of primary amides is 1. The van der Waals surface area contributed by atoms with E-state index in [9.17, 15) is 9.90 Å². The van der Waals surface area contributed by atoms with Gasteiger partial charge in [-0.1, -0.05) is 47.5 Å². The highest BCUT2D eigenvalue weighted by atomic mass is 35.5. The number of fused-ring (bicyclic) bond motifs is 1. The Morgan fingerprint density at radius 3 is 2.42 bits per heavy atom. The monoisotopic (exact) mass is 364 g/mol. The van der Waals surface area contributed by atoms with Crippen LogP contribution in [0.1, 0.15) is 16.7 Å². The summed E-state index contributed by atoms with van der Waals surface area (Å²) in [6.07, 6.45) is 1.61. The largest absolute Gasteiger partial charge is 0.508 e. The van der Waals surface area contributed by atoms with E-state index >= 15 is 0 Å². The van der Waals surface area contributed by atoms with Crippen molar-refractivity contribution in [2.24, 2.45) is 11.7 Å². The molecule has 1 atom stereocenters. The third-order valence-electron chi connectivity index (χ3n) is 4.50. The number of halogens is 2. The lowest BCUT2D eigenvalue weighted by Crippen LogP contribution is -2.46. The van der Waals surface area contributed by atoms with Crippen LogP contribution in [-0.4, -0.2) is 17.1 Å². The van der Waals surface area contributed by atoms with E-state index in [1.807, 2.05) is 12.1 Å². The van der Waals surface area contributed by atoms with Crippen LogP contribution in [0.3, 0.4) is 0 Å². The van der Waals surface area contributed by atoms with Gasteiger partial charge in [0.2, 0.25) is 5.91 Å². The van der Waals surface area contributed by atoms with Crippen LogP contribution in [0.4, 0.5) is 0 Å². The van der Waals surface area contributed by atoms with Crippen molar-refractivity contribution in [2.45, 2.75) is 25.4 Å². The molecule has 0 aliphatic heterocycles. The second kappa shape index (κ2) is 7.01. The van der Waals surface area contributed by atoms with Crippen molar-refractivity contribution in [1.82, 2.24) is 5.32 Å². The van der Waals surface area contributed by atoms with E-state index in [1.165, 1.54) is 17.2 Å². The first-order valence-corrected chi connectivity index (χ1v) is 8.47. The summed E-state index contributed by atoms with van der Waals surface area (Å²) < 4.78 is 0. The number of phenolic OH excluding ortho intramolecular Hbond substituents is 1. The number of hydrogen-bond donors (Lipinski definition) is 3. The number of carbonyl (C=O) groups is 1. The van der Waals surface area contributed by atoms with Crippen molar-refractivity contribution < 1.29 is 9.90 Å². The zero-order chi connectivity index (χ0) is 17.3. The van der Waals surface area contributed by atoms with Crippen molar-refractivity contribution >= 4 is 29.1 Å². The Labute approximate surface area is 150 Å². The van der Waals surface area contributed by atoms with Crippen LogP contribution < -0.4 is 11.1 Å². The number of hydrogen-bond acceptors (Lipinski definition) is 3. The summed E-state index contributed by atoms with van der Waals surface area (Å²) in [5.41, 5.74) is 8.61. The van der Waals surface area contributed by atoms with Gasteiger partial charge in [-0.05, 0) is 42.0 Å². The predicted octanol–water partition coefficient (Wildman–Crippen LogP) is 3.06. The third kappa shape index (κ3) is 3.51. The zero-order valence-electron chi connectivity index (χ0n) is 12.9. The maximum Gasteiger partial charge on any atom is 0.234 e. The van der Waals surface area contributed by atoms with Gasteiger partial charge in [-0.25, -0.2) is 0 Å². The van der Waals surface area contributed by atoms with E-state index in [-0.39, 0.29) is 18.2 Å². The van der Waals surface area contributed by atoms with E-state index < -0.39 is 11.9 Å². The fourth-order valence-electron chi connectivity index (χ4n) is 3.31. The summed E-state index contributed by atoms with van der Waals surface area (Å²) in [4.78, 5) is 11.9. The van der Waals surface area contributed by atoms with Gasteiger partial charge in [-0.2, -0.15) is 0 Å². The van der Waals surface area contributed by atoms with Crippen molar-refractivity contribution in [1.29, 1.82) is 0 Å². The quantitative estimate of drug-likeness (QED) is 0.762. The molecule has 2 aromatic carbocycles. The minimum absolute atomic E-state index is 0.00192. The molecule has 4 N–H and O–H groups in total. The van der Waals surface area contributed by atoms with Crippen LogP contribution >= 0.6 is 23.2 Å². The maximum atomic E-state index is 11.9. The molecule has 2 aromatic rings. The van der Waals surface area contributed by atoms with Crippen LogP contribution in [0.25, 0.3) is 0 Å². The summed E-state index contributed by atoms with van der Waals surface area (Å²) in [6.45, 7) is 0.238. The topological polar surface area (TPSA) is 75.4 Å². The molecule has 4 nitrogen and oxygen atoms in total. The molecule has 3 rings (SSSR count). The Balaban J connectivity index is 1.74. The van der Waals surface area contributed by atoms with Crippen LogP contribution in [0.15, 0.2) is 36.4 Å². The smallest absolute Gasteiger partial charge is 0.234 e. The van der Waals surface area contributed by atoms with Crippen LogP contribution in [0, 0.1) is 5.92 Å². The highest BCUT2D eigenvalue weighted by molar-refractivity contribution is 6.35. The van der Waals surface area contributed by atoms with Gasteiger partial charge in [0.05, 0.1) is 11.1 Å². The van der Waals surface area contributed by atoms with Gasteiger partial charge in [-0.15, -0.1) is 0 Å². The summed E-state index contributed by atoms with van der Waals surface area (Å²) in [6, 6.07) is 10.6. The van der Waals surface area contributed by atoms with E-state index in [1.54, 1.807) is 6.07 Å². The standard InChI is InChI=1S/C18H18Cl2N2O2/c19-13-7-15(20)14(16(23)8-13)9-22-17(18(21)24)12-5-10-3-1-2-4-11(10)6-12/h1-4,7-8,12,17,22-23H,5-6,9H2,(H2,21,24)/t17-/m1/s1. The summed E-state index contributed by atoms with van der Waals surface area (Å²) >= 11 is 12.0. The number of nitrogens with two attached hydrogens (primary N) is 1. The molecule has 0 unspecified atom stereocenters. The molecule has 24 heavy (non-hydrogen) atoms. The molecule has 0 aromatic heterocycles. The van der Waals surface area contributed by atoms with E-state index in [0.717, 1.165) is 12.8 Å². The lowest BCUT2D eigenvalue weighted by molar-refractivity contribution is -0.121. The Morgan fingerprint density at radius 1 is 1.25 bits per heavy atom. The lowest BCUT2D eigenvalue weighted by Gasteiger charge is -2.22. The second-order valence-corrected chi connectivity index (χ2v) is 6.93. The third-order valence-corrected chi connectivity index (χ3v) is 5.05. The number of nitrogens with one attached hydrogen (secondary N) is 1. The van der Waals surface area contributed by atoms with Crippen molar-refractivity contribution in [3.8, 4) is 5.75 Å². The fourth-order valence-corrected chi connectivity index (χ4v) is 3.85. The maximum absolute atomic E-state index is 11.9. The van der Waals surface area contributed by atoms with E-state index in [0.29, 0.717) is 15.6 Å². The number of rotatable bonds is 5. The molecule has 0 spiro atoms. The van der Waals surface area contributed by atoms with E-state index in [4.69, 9.17) is 28.9 Å². The summed E-state index contributed by atoms with van der Waals surface area (Å²) in [5, 5.41) is 13.9.